The van der Waals surface area contributed by atoms with Gasteiger partial charge >= 0.3 is 0 Å². The van der Waals surface area contributed by atoms with E-state index in [-0.39, 0.29) is 11.8 Å². The molecule has 0 bridgehead atoms. The van der Waals surface area contributed by atoms with Gasteiger partial charge < -0.3 is 20.3 Å². The molecule has 6 nitrogen and oxygen atoms in total. The van der Waals surface area contributed by atoms with E-state index in [0.29, 0.717) is 39.4 Å². The summed E-state index contributed by atoms with van der Waals surface area (Å²) in [5.74, 6) is -0.133. The topological polar surface area (TPSA) is 70.7 Å². The number of nitrogens with zero attached hydrogens (tertiary/aromatic N) is 1. The highest BCUT2D eigenvalue weighted by Crippen LogP contribution is 2.01. The summed E-state index contributed by atoms with van der Waals surface area (Å²) in [6.45, 7) is 3.21. The molecular formula is C9H15N3O3. The molecule has 2 heterocycles. The number of carbonyl (C=O) groups is 2. The van der Waals surface area contributed by atoms with Gasteiger partial charge in [-0.2, -0.15) is 0 Å². The quantitative estimate of drug-likeness (QED) is 0.525. The van der Waals surface area contributed by atoms with E-state index in [9.17, 15) is 9.59 Å². The van der Waals surface area contributed by atoms with Crippen molar-refractivity contribution in [1.29, 1.82) is 0 Å². The van der Waals surface area contributed by atoms with Gasteiger partial charge in [-0.15, -0.1) is 0 Å². The van der Waals surface area contributed by atoms with Crippen LogP contribution in [0.5, 0.6) is 0 Å². The first-order valence-electron chi connectivity index (χ1n) is 5.14. The Morgan fingerprint density at radius 1 is 1.40 bits per heavy atom. The Bertz CT molecular complexity index is 263. The Kier molecular flexibility index (Phi) is 3.17. The minimum absolute atomic E-state index is 0.0150. The predicted molar refractivity (Wildman–Crippen MR) is 52.2 cm³/mol. The van der Waals surface area contributed by atoms with Gasteiger partial charge in [0.05, 0.1) is 19.8 Å². The normalized spacial score (nSPS) is 27.3. The van der Waals surface area contributed by atoms with Gasteiger partial charge in [-0.25, -0.2) is 0 Å². The number of piperazine rings is 1. The fraction of sp³-hybridized carbons (Fsp3) is 0.778. The van der Waals surface area contributed by atoms with Gasteiger partial charge in [0.15, 0.2) is 0 Å². The predicted octanol–water partition coefficient (Wildman–Crippen LogP) is -2.07. The van der Waals surface area contributed by atoms with Crippen LogP contribution in [0.2, 0.25) is 0 Å². The number of morpholine rings is 1. The van der Waals surface area contributed by atoms with Crippen LogP contribution >= 0.6 is 0 Å². The van der Waals surface area contributed by atoms with Crippen molar-refractivity contribution in [3.8, 4) is 0 Å². The molecule has 2 aliphatic heterocycles. The van der Waals surface area contributed by atoms with Crippen LogP contribution in [0.4, 0.5) is 0 Å². The third kappa shape index (κ3) is 2.45. The number of rotatable bonds is 1. The van der Waals surface area contributed by atoms with Crippen molar-refractivity contribution in [3.05, 3.63) is 0 Å². The summed E-state index contributed by atoms with van der Waals surface area (Å²) >= 11 is 0. The van der Waals surface area contributed by atoms with Crippen LogP contribution < -0.4 is 10.6 Å². The van der Waals surface area contributed by atoms with E-state index in [1.54, 1.807) is 4.90 Å². The fourth-order valence-corrected chi connectivity index (χ4v) is 1.78. The highest BCUT2D eigenvalue weighted by Gasteiger charge is 2.29. The van der Waals surface area contributed by atoms with Crippen molar-refractivity contribution in [2.75, 3.05) is 39.4 Å². The standard InChI is InChI=1S/C9H15N3O3/c13-8-6-10-5-7(11-8)9(14)12-1-3-15-4-2-12/h7,10H,1-6H2,(H,11,13). The maximum Gasteiger partial charge on any atom is 0.246 e. The zero-order chi connectivity index (χ0) is 10.7. The van der Waals surface area contributed by atoms with Crippen LogP contribution in [-0.2, 0) is 14.3 Å². The zero-order valence-corrected chi connectivity index (χ0v) is 8.49. The molecule has 2 aliphatic rings. The van der Waals surface area contributed by atoms with Gasteiger partial charge in [0, 0.05) is 19.6 Å². The van der Waals surface area contributed by atoms with Crippen molar-refractivity contribution < 1.29 is 14.3 Å². The van der Waals surface area contributed by atoms with Gasteiger partial charge in [-0.1, -0.05) is 0 Å². The average molecular weight is 213 g/mol. The third-order valence-electron chi connectivity index (χ3n) is 2.59. The second-order valence-electron chi connectivity index (χ2n) is 3.69. The molecule has 0 spiro atoms. The molecule has 2 N–H and O–H groups in total. The lowest BCUT2D eigenvalue weighted by atomic mass is 10.2. The molecule has 1 atom stereocenters. The van der Waals surface area contributed by atoms with Gasteiger partial charge in [0.1, 0.15) is 6.04 Å². The molecule has 0 aromatic heterocycles. The van der Waals surface area contributed by atoms with E-state index >= 15 is 0 Å². The van der Waals surface area contributed by atoms with E-state index < -0.39 is 6.04 Å². The summed E-state index contributed by atoms with van der Waals surface area (Å²) in [7, 11) is 0. The first-order chi connectivity index (χ1) is 7.27. The lowest BCUT2D eigenvalue weighted by Crippen LogP contribution is -2.60. The van der Waals surface area contributed by atoms with Crippen LogP contribution in [0, 0.1) is 0 Å². The maximum absolute atomic E-state index is 11.9. The van der Waals surface area contributed by atoms with Crippen LogP contribution in [-0.4, -0.2) is 62.1 Å². The number of hydrogen-bond acceptors (Lipinski definition) is 4. The van der Waals surface area contributed by atoms with E-state index in [1.165, 1.54) is 0 Å². The van der Waals surface area contributed by atoms with Crippen LogP contribution in [0.25, 0.3) is 0 Å². The van der Waals surface area contributed by atoms with E-state index in [0.717, 1.165) is 0 Å². The fourth-order valence-electron chi connectivity index (χ4n) is 1.78. The molecule has 0 aromatic rings. The maximum atomic E-state index is 11.9. The molecule has 0 saturated carbocycles. The highest BCUT2D eigenvalue weighted by molar-refractivity contribution is 5.89. The molecule has 0 radical (unpaired) electrons. The first-order valence-corrected chi connectivity index (χ1v) is 5.14. The van der Waals surface area contributed by atoms with Gasteiger partial charge in [0.25, 0.3) is 0 Å². The van der Waals surface area contributed by atoms with Crippen LogP contribution in [0.15, 0.2) is 0 Å². The minimum Gasteiger partial charge on any atom is -0.378 e. The minimum atomic E-state index is -0.413. The molecular weight excluding hydrogens is 198 g/mol. The molecule has 15 heavy (non-hydrogen) atoms. The molecule has 6 heteroatoms. The van der Waals surface area contributed by atoms with Crippen molar-refractivity contribution in [2.45, 2.75) is 6.04 Å². The van der Waals surface area contributed by atoms with Gasteiger partial charge in [-0.3, -0.25) is 9.59 Å². The Morgan fingerprint density at radius 2 is 2.13 bits per heavy atom. The smallest absolute Gasteiger partial charge is 0.246 e. The molecule has 2 saturated heterocycles. The number of carbonyl (C=O) groups excluding carboxylic acids is 2. The number of nitrogens with one attached hydrogen (secondary N) is 2. The van der Waals surface area contributed by atoms with Crippen molar-refractivity contribution in [3.63, 3.8) is 0 Å². The summed E-state index contributed by atoms with van der Waals surface area (Å²) in [6.07, 6.45) is 0. The second kappa shape index (κ2) is 4.59. The molecule has 2 fully saturated rings. The van der Waals surface area contributed by atoms with Crippen LogP contribution in [0.1, 0.15) is 0 Å². The molecule has 2 rings (SSSR count). The van der Waals surface area contributed by atoms with Gasteiger partial charge in [-0.05, 0) is 0 Å². The molecule has 1 unspecified atom stereocenters. The van der Waals surface area contributed by atoms with E-state index in [4.69, 9.17) is 4.74 Å². The zero-order valence-electron chi connectivity index (χ0n) is 8.49. The summed E-state index contributed by atoms with van der Waals surface area (Å²) < 4.78 is 5.16. The SMILES string of the molecule is O=C1CNCC(C(=O)N2CCOCC2)N1. The van der Waals surface area contributed by atoms with Crippen LogP contribution in [0.3, 0.4) is 0 Å². The molecule has 84 valence electrons. The second-order valence-corrected chi connectivity index (χ2v) is 3.69. The lowest BCUT2D eigenvalue weighted by Gasteiger charge is -2.32. The third-order valence-corrected chi connectivity index (χ3v) is 2.59. The number of hydrogen-bond donors (Lipinski definition) is 2. The average Bonchev–Trinajstić information content (AvgIpc) is 2.29. The summed E-state index contributed by atoms with van der Waals surface area (Å²) in [5.41, 5.74) is 0. The summed E-state index contributed by atoms with van der Waals surface area (Å²) in [6, 6.07) is -0.413. The Balaban J connectivity index is 1.90. The lowest BCUT2D eigenvalue weighted by molar-refractivity contribution is -0.140. The van der Waals surface area contributed by atoms with Crippen molar-refractivity contribution >= 4 is 11.8 Å². The first kappa shape index (κ1) is 10.4. The molecule has 2 amide bonds. The largest absolute Gasteiger partial charge is 0.378 e. The Morgan fingerprint density at radius 3 is 2.80 bits per heavy atom. The monoisotopic (exact) mass is 213 g/mol. The molecule has 0 aromatic carbocycles. The molecule has 0 aliphatic carbocycles. The summed E-state index contributed by atoms with van der Waals surface area (Å²) in [5, 5.41) is 5.59. The highest BCUT2D eigenvalue weighted by atomic mass is 16.5. The Hall–Kier alpha value is -1.14. The number of amides is 2. The summed E-state index contributed by atoms with van der Waals surface area (Å²) in [4.78, 5) is 24.7. The van der Waals surface area contributed by atoms with Crippen molar-refractivity contribution in [1.82, 2.24) is 15.5 Å². The van der Waals surface area contributed by atoms with Gasteiger partial charge in [0.2, 0.25) is 11.8 Å². The Labute approximate surface area is 87.9 Å². The van der Waals surface area contributed by atoms with Crippen molar-refractivity contribution in [2.24, 2.45) is 0 Å². The number of ether oxygens (including phenoxy) is 1. The van der Waals surface area contributed by atoms with E-state index in [2.05, 4.69) is 10.6 Å². The van der Waals surface area contributed by atoms with E-state index in [1.807, 2.05) is 0 Å².